The zero-order valence-electron chi connectivity index (χ0n) is 17.6. The van der Waals surface area contributed by atoms with Crippen LogP contribution in [0.5, 0.6) is 5.75 Å². The highest BCUT2D eigenvalue weighted by Crippen LogP contribution is 2.34. The van der Waals surface area contributed by atoms with Crippen molar-refractivity contribution in [2.75, 3.05) is 43.5 Å². The molecular weight excluding hydrogens is 362 g/mol. The molecule has 29 heavy (non-hydrogen) atoms. The van der Waals surface area contributed by atoms with E-state index in [2.05, 4.69) is 48.1 Å². The maximum Gasteiger partial charge on any atom is 0.255 e. The number of nitrogens with zero attached hydrogens (tertiary/aromatic N) is 2. The first-order valence-electron chi connectivity index (χ1n) is 10.6. The first-order valence-corrected chi connectivity index (χ1v) is 10.6. The van der Waals surface area contributed by atoms with Crippen molar-refractivity contribution in [1.82, 2.24) is 4.90 Å². The van der Waals surface area contributed by atoms with Crippen molar-refractivity contribution in [1.29, 1.82) is 0 Å². The van der Waals surface area contributed by atoms with Gasteiger partial charge in [-0.1, -0.05) is 13.8 Å². The largest absolute Gasteiger partial charge is 0.493 e. The van der Waals surface area contributed by atoms with Crippen molar-refractivity contribution in [3.05, 3.63) is 54.1 Å². The molecule has 2 aromatic carbocycles. The number of hydrogen-bond donors (Lipinski definition) is 1. The van der Waals surface area contributed by atoms with Gasteiger partial charge in [0.05, 0.1) is 6.61 Å². The average molecular weight is 394 g/mol. The second-order valence-electron chi connectivity index (χ2n) is 8.76. The number of fused-ring (bicyclic) bond motifs is 1. The second kappa shape index (κ2) is 8.46. The summed E-state index contributed by atoms with van der Waals surface area (Å²) in [5, 5.41) is 2.99. The number of ether oxygens (including phenoxy) is 1. The van der Waals surface area contributed by atoms with Gasteiger partial charge in [0.1, 0.15) is 5.75 Å². The summed E-state index contributed by atoms with van der Waals surface area (Å²) in [7, 11) is 2.21. The Kier molecular flexibility index (Phi) is 5.76. The van der Waals surface area contributed by atoms with E-state index in [9.17, 15) is 4.79 Å². The number of likely N-dealkylation sites (tertiary alicyclic amines) is 1. The van der Waals surface area contributed by atoms with Gasteiger partial charge in [0, 0.05) is 42.6 Å². The van der Waals surface area contributed by atoms with Gasteiger partial charge in [-0.05, 0) is 73.8 Å². The van der Waals surface area contributed by atoms with Crippen molar-refractivity contribution in [3.8, 4) is 5.75 Å². The Morgan fingerprint density at radius 3 is 2.52 bits per heavy atom. The second-order valence-corrected chi connectivity index (χ2v) is 8.76. The molecule has 2 atom stereocenters. The molecule has 2 heterocycles. The molecule has 2 aliphatic rings. The van der Waals surface area contributed by atoms with Crippen molar-refractivity contribution in [2.45, 2.75) is 26.3 Å². The van der Waals surface area contributed by atoms with E-state index in [0.717, 1.165) is 30.4 Å². The third kappa shape index (κ3) is 4.56. The van der Waals surface area contributed by atoms with Crippen molar-refractivity contribution in [3.63, 3.8) is 0 Å². The van der Waals surface area contributed by atoms with E-state index in [4.69, 9.17) is 4.74 Å². The summed E-state index contributed by atoms with van der Waals surface area (Å²) in [4.78, 5) is 17.5. The molecule has 2 unspecified atom stereocenters. The summed E-state index contributed by atoms with van der Waals surface area (Å²) in [6, 6.07) is 16.2. The predicted molar refractivity (Wildman–Crippen MR) is 118 cm³/mol. The van der Waals surface area contributed by atoms with Crippen LogP contribution in [0, 0.1) is 11.8 Å². The number of benzene rings is 2. The van der Waals surface area contributed by atoms with Crippen LogP contribution in [0.4, 0.5) is 11.4 Å². The predicted octanol–water partition coefficient (Wildman–Crippen LogP) is 4.11. The minimum Gasteiger partial charge on any atom is -0.493 e. The number of carbonyl (C=O) groups is 1. The molecule has 2 fully saturated rings. The monoisotopic (exact) mass is 393 g/mol. The van der Waals surface area contributed by atoms with E-state index < -0.39 is 0 Å². The van der Waals surface area contributed by atoms with Gasteiger partial charge in [-0.3, -0.25) is 4.79 Å². The van der Waals surface area contributed by atoms with Crippen LogP contribution in [0.15, 0.2) is 48.5 Å². The Morgan fingerprint density at radius 1 is 1.10 bits per heavy atom. The highest BCUT2D eigenvalue weighted by Gasteiger charge is 2.39. The molecule has 1 N–H and O–H groups in total. The van der Waals surface area contributed by atoms with Crippen LogP contribution in [0.3, 0.4) is 0 Å². The summed E-state index contributed by atoms with van der Waals surface area (Å²) < 4.78 is 5.68. The van der Waals surface area contributed by atoms with E-state index in [0.29, 0.717) is 24.1 Å². The summed E-state index contributed by atoms with van der Waals surface area (Å²) in [5.74, 6) is 1.95. The average Bonchev–Trinajstić information content (AvgIpc) is 3.26. The molecule has 0 bridgehead atoms. The topological polar surface area (TPSA) is 44.8 Å². The number of anilines is 2. The lowest BCUT2D eigenvalue weighted by atomic mass is 10.0. The van der Waals surface area contributed by atoms with Crippen molar-refractivity contribution < 1.29 is 9.53 Å². The number of likely N-dealkylation sites (N-methyl/N-ethyl adjacent to an activating group) is 1. The van der Waals surface area contributed by atoms with Gasteiger partial charge in [-0.25, -0.2) is 0 Å². The Labute approximate surface area is 173 Å². The molecule has 0 spiro atoms. The molecule has 0 aliphatic carbocycles. The fourth-order valence-corrected chi connectivity index (χ4v) is 4.40. The number of carbonyl (C=O) groups excluding carboxylic acids is 1. The Hall–Kier alpha value is -2.53. The van der Waals surface area contributed by atoms with Crippen molar-refractivity contribution >= 4 is 17.3 Å². The lowest BCUT2D eigenvalue weighted by Gasteiger charge is -2.26. The fraction of sp³-hybridized carbons (Fsp3) is 0.458. The minimum atomic E-state index is -0.105. The molecule has 2 aliphatic heterocycles. The van der Waals surface area contributed by atoms with E-state index in [1.807, 2.05) is 24.3 Å². The standard InChI is InChI=1S/C24H31N3O2/c1-17(2)16-29-22-10-4-18(5-11-22)24(28)25-20-6-8-21(9-7-20)27-13-12-19-14-26(3)15-23(19)27/h4-11,17,19,23H,12-16H2,1-3H3,(H,25,28). The van der Waals surface area contributed by atoms with E-state index >= 15 is 0 Å². The molecular formula is C24H31N3O2. The highest BCUT2D eigenvalue weighted by molar-refractivity contribution is 6.04. The third-order valence-corrected chi connectivity index (χ3v) is 5.89. The van der Waals surface area contributed by atoms with Gasteiger partial charge in [-0.15, -0.1) is 0 Å². The molecule has 1 amide bonds. The van der Waals surface area contributed by atoms with Crippen LogP contribution in [-0.2, 0) is 0 Å². The number of nitrogens with one attached hydrogen (secondary N) is 1. The zero-order chi connectivity index (χ0) is 20.4. The molecule has 154 valence electrons. The Balaban J connectivity index is 1.35. The van der Waals surface area contributed by atoms with Gasteiger partial charge in [0.2, 0.25) is 0 Å². The summed E-state index contributed by atoms with van der Waals surface area (Å²) in [5.41, 5.74) is 2.69. The highest BCUT2D eigenvalue weighted by atomic mass is 16.5. The summed E-state index contributed by atoms with van der Waals surface area (Å²) >= 11 is 0. The quantitative estimate of drug-likeness (QED) is 0.802. The first kappa shape index (κ1) is 19.8. The van der Waals surface area contributed by atoms with Gasteiger partial charge < -0.3 is 19.9 Å². The maximum absolute atomic E-state index is 12.6. The summed E-state index contributed by atoms with van der Waals surface area (Å²) in [6.07, 6.45) is 1.27. The van der Waals surface area contributed by atoms with Gasteiger partial charge in [-0.2, -0.15) is 0 Å². The fourth-order valence-electron chi connectivity index (χ4n) is 4.40. The van der Waals surface area contributed by atoms with Crippen LogP contribution in [-0.4, -0.2) is 50.1 Å². The van der Waals surface area contributed by atoms with Gasteiger partial charge in [0.25, 0.3) is 5.91 Å². The molecule has 2 aromatic rings. The van der Waals surface area contributed by atoms with E-state index in [-0.39, 0.29) is 5.91 Å². The molecule has 0 radical (unpaired) electrons. The van der Waals surface area contributed by atoms with E-state index in [1.165, 1.54) is 18.7 Å². The normalized spacial score (nSPS) is 21.4. The molecule has 0 aromatic heterocycles. The molecule has 4 rings (SSSR count). The van der Waals surface area contributed by atoms with Gasteiger partial charge in [0.15, 0.2) is 0 Å². The van der Waals surface area contributed by atoms with Crippen LogP contribution in [0.2, 0.25) is 0 Å². The summed E-state index contributed by atoms with van der Waals surface area (Å²) in [6.45, 7) is 8.37. The van der Waals surface area contributed by atoms with Crippen molar-refractivity contribution in [2.24, 2.45) is 11.8 Å². The Morgan fingerprint density at radius 2 is 1.83 bits per heavy atom. The van der Waals surface area contributed by atoms with E-state index in [1.54, 1.807) is 12.1 Å². The molecule has 5 nitrogen and oxygen atoms in total. The smallest absolute Gasteiger partial charge is 0.255 e. The number of hydrogen-bond acceptors (Lipinski definition) is 4. The molecule has 2 saturated heterocycles. The van der Waals surface area contributed by atoms with Crippen LogP contribution in [0.1, 0.15) is 30.6 Å². The molecule has 0 saturated carbocycles. The maximum atomic E-state index is 12.6. The SMILES string of the molecule is CC(C)COc1ccc(C(=O)Nc2ccc(N3CCC4CN(C)CC43)cc2)cc1. The van der Waals surface area contributed by atoms with Crippen LogP contribution >= 0.6 is 0 Å². The first-order chi connectivity index (χ1) is 14.0. The van der Waals surface area contributed by atoms with Crippen LogP contribution < -0.4 is 15.0 Å². The van der Waals surface area contributed by atoms with Gasteiger partial charge >= 0.3 is 0 Å². The van der Waals surface area contributed by atoms with Crippen LogP contribution in [0.25, 0.3) is 0 Å². The lowest BCUT2D eigenvalue weighted by Crippen LogP contribution is -2.34. The zero-order valence-corrected chi connectivity index (χ0v) is 17.6. The minimum absolute atomic E-state index is 0.105. The number of amides is 1. The lowest BCUT2D eigenvalue weighted by molar-refractivity contribution is 0.102. The number of rotatable bonds is 6. The Bertz CT molecular complexity index is 832. The third-order valence-electron chi connectivity index (χ3n) is 5.89. The molecule has 5 heteroatoms.